The normalized spacial score (nSPS) is 27.7. The molecule has 3 nitrogen and oxygen atoms in total. The smallest absolute Gasteiger partial charge is 0.0624 e. The van der Waals surface area contributed by atoms with Crippen molar-refractivity contribution in [2.75, 3.05) is 24.5 Å². The lowest BCUT2D eigenvalue weighted by Crippen LogP contribution is -2.46. The summed E-state index contributed by atoms with van der Waals surface area (Å²) in [5.41, 5.74) is 2.62. The molecule has 4 rings (SSSR count). The standard InChI is InChI=1S/C15H19N3/c1-2-4-13-12(3-1)15(9-17-13)18-8-6-11-5-7-16-14(11)10-18/h1-4,9,11,14,16-17H,5-8,10H2. The summed E-state index contributed by atoms with van der Waals surface area (Å²) >= 11 is 0. The van der Waals surface area contributed by atoms with Crippen molar-refractivity contribution in [1.82, 2.24) is 10.3 Å². The fraction of sp³-hybridized carbons (Fsp3) is 0.467. The van der Waals surface area contributed by atoms with Crippen LogP contribution in [0.25, 0.3) is 10.9 Å². The Hall–Kier alpha value is -1.48. The highest BCUT2D eigenvalue weighted by molar-refractivity contribution is 5.92. The van der Waals surface area contributed by atoms with E-state index < -0.39 is 0 Å². The number of aromatic amines is 1. The third kappa shape index (κ3) is 1.54. The molecule has 2 atom stereocenters. The molecule has 94 valence electrons. The molecule has 2 saturated heterocycles. The Morgan fingerprint density at radius 2 is 2.11 bits per heavy atom. The first-order valence-corrected chi connectivity index (χ1v) is 6.96. The number of H-pyrrole nitrogens is 1. The molecule has 2 aromatic rings. The van der Waals surface area contributed by atoms with Gasteiger partial charge in [-0.2, -0.15) is 0 Å². The Bertz CT molecular complexity index is 560. The molecule has 1 aromatic carbocycles. The van der Waals surface area contributed by atoms with Crippen LogP contribution in [0, 0.1) is 5.92 Å². The molecule has 0 spiro atoms. The molecule has 2 aliphatic rings. The molecule has 2 aliphatic heterocycles. The predicted octanol–water partition coefficient (Wildman–Crippen LogP) is 2.36. The molecular weight excluding hydrogens is 222 g/mol. The minimum Gasteiger partial charge on any atom is -0.368 e. The summed E-state index contributed by atoms with van der Waals surface area (Å²) < 4.78 is 0. The fourth-order valence-electron chi connectivity index (χ4n) is 3.57. The zero-order chi connectivity index (χ0) is 11.9. The van der Waals surface area contributed by atoms with Gasteiger partial charge < -0.3 is 15.2 Å². The Balaban J connectivity index is 1.67. The number of benzene rings is 1. The van der Waals surface area contributed by atoms with Crippen LogP contribution in [0.5, 0.6) is 0 Å². The van der Waals surface area contributed by atoms with Gasteiger partial charge in [0, 0.05) is 36.2 Å². The lowest BCUT2D eigenvalue weighted by atomic mass is 9.92. The van der Waals surface area contributed by atoms with Crippen LogP contribution in [0.1, 0.15) is 12.8 Å². The number of fused-ring (bicyclic) bond motifs is 2. The molecule has 3 heteroatoms. The van der Waals surface area contributed by atoms with Crippen molar-refractivity contribution in [3.05, 3.63) is 30.5 Å². The second-order valence-corrected chi connectivity index (χ2v) is 5.56. The van der Waals surface area contributed by atoms with Crippen molar-refractivity contribution < 1.29 is 0 Å². The molecule has 2 unspecified atom stereocenters. The maximum absolute atomic E-state index is 3.65. The highest BCUT2D eigenvalue weighted by atomic mass is 15.2. The largest absolute Gasteiger partial charge is 0.368 e. The van der Waals surface area contributed by atoms with Crippen LogP contribution in [0.3, 0.4) is 0 Å². The number of anilines is 1. The van der Waals surface area contributed by atoms with Crippen LogP contribution in [-0.4, -0.2) is 30.7 Å². The summed E-state index contributed by atoms with van der Waals surface area (Å²) in [6.45, 7) is 3.56. The van der Waals surface area contributed by atoms with E-state index >= 15 is 0 Å². The third-order valence-corrected chi connectivity index (χ3v) is 4.59. The molecule has 0 aliphatic carbocycles. The quantitative estimate of drug-likeness (QED) is 0.803. The number of hydrogen-bond acceptors (Lipinski definition) is 2. The van der Waals surface area contributed by atoms with Crippen LogP contribution in [0.2, 0.25) is 0 Å². The summed E-state index contributed by atoms with van der Waals surface area (Å²) in [4.78, 5) is 5.92. The van der Waals surface area contributed by atoms with Crippen molar-refractivity contribution in [2.45, 2.75) is 18.9 Å². The first-order valence-electron chi connectivity index (χ1n) is 6.96. The van der Waals surface area contributed by atoms with Gasteiger partial charge in [-0.25, -0.2) is 0 Å². The molecule has 3 heterocycles. The number of nitrogens with zero attached hydrogens (tertiary/aromatic N) is 1. The van der Waals surface area contributed by atoms with Gasteiger partial charge in [-0.15, -0.1) is 0 Å². The SMILES string of the molecule is c1ccc2c(N3CCC4CCNC4C3)c[nH]c2c1. The summed E-state index contributed by atoms with van der Waals surface area (Å²) in [5, 5.41) is 5.00. The molecule has 1 aromatic heterocycles. The Kier molecular flexibility index (Phi) is 2.33. The number of hydrogen-bond donors (Lipinski definition) is 2. The first kappa shape index (κ1) is 10.4. The van der Waals surface area contributed by atoms with Crippen LogP contribution in [0.4, 0.5) is 5.69 Å². The van der Waals surface area contributed by atoms with Gasteiger partial charge in [0.25, 0.3) is 0 Å². The Morgan fingerprint density at radius 3 is 3.11 bits per heavy atom. The maximum atomic E-state index is 3.65. The topological polar surface area (TPSA) is 31.1 Å². The maximum Gasteiger partial charge on any atom is 0.0624 e. The number of nitrogens with one attached hydrogen (secondary N) is 2. The van der Waals surface area contributed by atoms with Crippen LogP contribution >= 0.6 is 0 Å². The van der Waals surface area contributed by atoms with E-state index in [0.717, 1.165) is 12.5 Å². The van der Waals surface area contributed by atoms with Crippen LogP contribution < -0.4 is 10.2 Å². The molecule has 18 heavy (non-hydrogen) atoms. The zero-order valence-corrected chi connectivity index (χ0v) is 10.5. The third-order valence-electron chi connectivity index (χ3n) is 4.59. The predicted molar refractivity (Wildman–Crippen MR) is 75.0 cm³/mol. The van der Waals surface area contributed by atoms with E-state index in [1.54, 1.807) is 0 Å². The molecule has 2 fully saturated rings. The molecule has 0 saturated carbocycles. The minimum atomic E-state index is 0.701. The number of aromatic nitrogens is 1. The van der Waals surface area contributed by atoms with Gasteiger partial charge in [-0.05, 0) is 31.4 Å². The summed E-state index contributed by atoms with van der Waals surface area (Å²) in [7, 11) is 0. The van der Waals surface area contributed by atoms with E-state index in [1.165, 1.54) is 42.5 Å². The molecule has 0 amide bonds. The van der Waals surface area contributed by atoms with E-state index in [9.17, 15) is 0 Å². The van der Waals surface area contributed by atoms with E-state index in [4.69, 9.17) is 0 Å². The Morgan fingerprint density at radius 1 is 1.17 bits per heavy atom. The molecule has 0 bridgehead atoms. The van der Waals surface area contributed by atoms with Crippen molar-refractivity contribution in [3.8, 4) is 0 Å². The average molecular weight is 241 g/mol. The Labute approximate surface area is 107 Å². The summed E-state index contributed by atoms with van der Waals surface area (Å²) in [6.07, 6.45) is 4.86. The highest BCUT2D eigenvalue weighted by Crippen LogP contribution is 2.32. The second kappa shape index (κ2) is 4.02. The lowest BCUT2D eigenvalue weighted by Gasteiger charge is -2.36. The van der Waals surface area contributed by atoms with Crippen molar-refractivity contribution in [2.24, 2.45) is 5.92 Å². The summed E-state index contributed by atoms with van der Waals surface area (Å²) in [6, 6.07) is 9.29. The van der Waals surface area contributed by atoms with Gasteiger partial charge in [0.15, 0.2) is 0 Å². The van der Waals surface area contributed by atoms with Gasteiger partial charge in [-0.3, -0.25) is 0 Å². The molecular formula is C15H19N3. The van der Waals surface area contributed by atoms with Crippen LogP contribution in [0.15, 0.2) is 30.5 Å². The van der Waals surface area contributed by atoms with E-state index in [-0.39, 0.29) is 0 Å². The van der Waals surface area contributed by atoms with Gasteiger partial charge >= 0.3 is 0 Å². The fourth-order valence-corrected chi connectivity index (χ4v) is 3.57. The average Bonchev–Trinajstić information content (AvgIpc) is 3.04. The van der Waals surface area contributed by atoms with Crippen molar-refractivity contribution in [1.29, 1.82) is 0 Å². The minimum absolute atomic E-state index is 0.701. The lowest BCUT2D eigenvalue weighted by molar-refractivity contribution is 0.374. The number of piperidine rings is 1. The molecule has 2 N–H and O–H groups in total. The molecule has 0 radical (unpaired) electrons. The van der Waals surface area contributed by atoms with Gasteiger partial charge in [0.1, 0.15) is 0 Å². The van der Waals surface area contributed by atoms with E-state index in [0.29, 0.717) is 6.04 Å². The second-order valence-electron chi connectivity index (χ2n) is 5.56. The van der Waals surface area contributed by atoms with Crippen molar-refractivity contribution in [3.63, 3.8) is 0 Å². The van der Waals surface area contributed by atoms with Gasteiger partial charge in [0.2, 0.25) is 0 Å². The zero-order valence-electron chi connectivity index (χ0n) is 10.5. The number of para-hydroxylation sites is 1. The highest BCUT2D eigenvalue weighted by Gasteiger charge is 2.33. The number of rotatable bonds is 1. The first-order chi connectivity index (χ1) is 8.92. The summed E-state index contributed by atoms with van der Waals surface area (Å²) in [5.74, 6) is 0.909. The van der Waals surface area contributed by atoms with Gasteiger partial charge in [0.05, 0.1) is 5.69 Å². The van der Waals surface area contributed by atoms with Crippen molar-refractivity contribution >= 4 is 16.6 Å². The van der Waals surface area contributed by atoms with E-state index in [2.05, 4.69) is 45.7 Å². The van der Waals surface area contributed by atoms with E-state index in [1.807, 2.05) is 0 Å². The van der Waals surface area contributed by atoms with Crippen LogP contribution in [-0.2, 0) is 0 Å². The van der Waals surface area contributed by atoms with Gasteiger partial charge in [-0.1, -0.05) is 18.2 Å². The monoisotopic (exact) mass is 241 g/mol.